The number of nitrogens with zero attached hydrogens (tertiary/aromatic N) is 3. The van der Waals surface area contributed by atoms with Gasteiger partial charge in [0.1, 0.15) is 41.9 Å². The fourth-order valence-electron chi connectivity index (χ4n) is 3.03. The topological polar surface area (TPSA) is 140 Å². The first-order valence-corrected chi connectivity index (χ1v) is 7.39. The smallest absolute Gasteiger partial charge is 0.164 e. The second kappa shape index (κ2) is 5.56. The lowest BCUT2D eigenvalue weighted by molar-refractivity contribution is -0.0508. The van der Waals surface area contributed by atoms with E-state index in [4.69, 9.17) is 14.9 Å². The molecule has 1 saturated heterocycles. The van der Waals surface area contributed by atoms with Gasteiger partial charge in [-0.3, -0.25) is 0 Å². The van der Waals surface area contributed by atoms with E-state index in [-0.39, 0.29) is 5.82 Å². The molecule has 0 amide bonds. The van der Waals surface area contributed by atoms with Crippen molar-refractivity contribution in [2.24, 2.45) is 0 Å². The summed E-state index contributed by atoms with van der Waals surface area (Å²) in [6, 6.07) is 3.51. The number of hydrogen-bond acceptors (Lipinski definition) is 8. The van der Waals surface area contributed by atoms with E-state index in [1.807, 2.05) is 0 Å². The maximum Gasteiger partial charge on any atom is 0.164 e. The van der Waals surface area contributed by atoms with Crippen molar-refractivity contribution in [3.8, 4) is 11.3 Å². The number of ether oxygens (including phenoxy) is 1. The third-order valence-electron chi connectivity index (χ3n) is 4.22. The number of aliphatic hydroxyl groups is 3. The lowest BCUT2D eigenvalue weighted by atomic mass is 10.1. The molecule has 0 aromatic carbocycles. The summed E-state index contributed by atoms with van der Waals surface area (Å²) >= 11 is 0. The van der Waals surface area contributed by atoms with E-state index < -0.39 is 31.1 Å². The average molecular weight is 332 g/mol. The van der Waals surface area contributed by atoms with Crippen LogP contribution in [0.3, 0.4) is 0 Å². The molecule has 1 aliphatic rings. The van der Waals surface area contributed by atoms with Crippen LogP contribution in [0.4, 0.5) is 5.82 Å². The molecule has 4 atom stereocenters. The molecule has 1 fully saturated rings. The number of hydrogen-bond donors (Lipinski definition) is 4. The van der Waals surface area contributed by atoms with Crippen molar-refractivity contribution < 1.29 is 24.5 Å². The third-order valence-corrected chi connectivity index (χ3v) is 4.22. The Morgan fingerprint density at radius 3 is 2.75 bits per heavy atom. The minimum Gasteiger partial charge on any atom is -0.464 e. The van der Waals surface area contributed by atoms with Gasteiger partial charge in [0.25, 0.3) is 0 Å². The molecular weight excluding hydrogens is 316 g/mol. The molecule has 24 heavy (non-hydrogen) atoms. The van der Waals surface area contributed by atoms with Crippen LogP contribution in [0.5, 0.6) is 0 Å². The Morgan fingerprint density at radius 2 is 2.08 bits per heavy atom. The monoisotopic (exact) mass is 332 g/mol. The molecule has 0 spiro atoms. The van der Waals surface area contributed by atoms with E-state index in [2.05, 4.69) is 9.97 Å². The standard InChI is InChI=1S/C15H16N4O5/c16-13-10-7(8-2-1-3-23-8)4-19(14(10)18-6-17-13)15-12(22)11(21)9(5-20)24-15/h1-4,6,9,11-12,15,20-22H,5H2,(H2,16,17,18)/t9-,11-,12+,15-/m1/s1. The van der Waals surface area contributed by atoms with Crippen molar-refractivity contribution in [3.63, 3.8) is 0 Å². The highest BCUT2D eigenvalue weighted by atomic mass is 16.6. The summed E-state index contributed by atoms with van der Waals surface area (Å²) in [5.41, 5.74) is 7.07. The summed E-state index contributed by atoms with van der Waals surface area (Å²) in [7, 11) is 0. The van der Waals surface area contributed by atoms with Crippen LogP contribution in [-0.4, -0.2) is 54.8 Å². The largest absolute Gasteiger partial charge is 0.464 e. The van der Waals surface area contributed by atoms with Crippen molar-refractivity contribution in [2.75, 3.05) is 12.3 Å². The van der Waals surface area contributed by atoms with E-state index in [1.54, 1.807) is 22.9 Å². The number of nitrogens with two attached hydrogens (primary N) is 1. The molecule has 0 saturated carbocycles. The number of furan rings is 1. The van der Waals surface area contributed by atoms with Gasteiger partial charge in [0.15, 0.2) is 6.23 Å². The molecule has 126 valence electrons. The highest BCUT2D eigenvalue weighted by Crippen LogP contribution is 2.38. The zero-order chi connectivity index (χ0) is 16.8. The van der Waals surface area contributed by atoms with E-state index in [1.165, 1.54) is 12.6 Å². The molecule has 9 nitrogen and oxygen atoms in total. The molecule has 3 aromatic heterocycles. The summed E-state index contributed by atoms with van der Waals surface area (Å²) in [6.45, 7) is -0.407. The Bertz CT molecular complexity index is 862. The van der Waals surface area contributed by atoms with Gasteiger partial charge in [0, 0.05) is 11.8 Å². The van der Waals surface area contributed by atoms with Crippen LogP contribution in [0.15, 0.2) is 35.3 Å². The van der Waals surface area contributed by atoms with Crippen LogP contribution in [0.2, 0.25) is 0 Å². The predicted octanol–water partition coefficient (Wildman–Crippen LogP) is -0.115. The fraction of sp³-hybridized carbons (Fsp3) is 0.333. The first kappa shape index (κ1) is 15.1. The van der Waals surface area contributed by atoms with Gasteiger partial charge in [-0.1, -0.05) is 0 Å². The van der Waals surface area contributed by atoms with Gasteiger partial charge in [0.05, 0.1) is 18.3 Å². The number of fused-ring (bicyclic) bond motifs is 1. The highest BCUT2D eigenvalue weighted by molar-refractivity contribution is 5.99. The highest BCUT2D eigenvalue weighted by Gasteiger charge is 2.44. The summed E-state index contributed by atoms with van der Waals surface area (Å²) in [5.74, 6) is 0.823. The molecule has 3 aromatic rings. The summed E-state index contributed by atoms with van der Waals surface area (Å²) in [4.78, 5) is 8.22. The lowest BCUT2D eigenvalue weighted by Gasteiger charge is -2.17. The normalized spacial score (nSPS) is 27.1. The van der Waals surface area contributed by atoms with E-state index in [9.17, 15) is 15.3 Å². The van der Waals surface area contributed by atoms with Crippen LogP contribution in [-0.2, 0) is 4.74 Å². The maximum atomic E-state index is 10.3. The van der Waals surface area contributed by atoms with Crippen molar-refractivity contribution >= 4 is 16.9 Å². The Morgan fingerprint density at radius 1 is 1.25 bits per heavy atom. The first-order chi connectivity index (χ1) is 11.6. The average Bonchev–Trinajstić information content (AvgIpc) is 3.28. The molecule has 1 aliphatic heterocycles. The Balaban J connectivity index is 1.90. The Hall–Kier alpha value is -2.46. The summed E-state index contributed by atoms with van der Waals surface area (Å²) in [5, 5.41) is 30.1. The number of aliphatic hydroxyl groups excluding tert-OH is 3. The second-order valence-corrected chi connectivity index (χ2v) is 5.61. The molecule has 4 heterocycles. The van der Waals surface area contributed by atoms with Crippen LogP contribution < -0.4 is 5.73 Å². The summed E-state index contributed by atoms with van der Waals surface area (Å²) < 4.78 is 12.6. The quantitative estimate of drug-likeness (QED) is 0.520. The summed E-state index contributed by atoms with van der Waals surface area (Å²) in [6.07, 6.45) is 0.287. The minimum atomic E-state index is -1.22. The molecule has 5 N–H and O–H groups in total. The zero-order valence-electron chi connectivity index (χ0n) is 12.5. The van der Waals surface area contributed by atoms with E-state index >= 15 is 0 Å². The van der Waals surface area contributed by atoms with Crippen molar-refractivity contribution in [1.82, 2.24) is 14.5 Å². The zero-order valence-corrected chi connectivity index (χ0v) is 12.5. The van der Waals surface area contributed by atoms with Gasteiger partial charge >= 0.3 is 0 Å². The van der Waals surface area contributed by atoms with Crippen LogP contribution in [0, 0.1) is 0 Å². The first-order valence-electron chi connectivity index (χ1n) is 7.39. The SMILES string of the molecule is Nc1ncnc2c1c(-c1ccco1)cn2[C@@H]1O[C@H](CO)[C@@H](O)[C@@H]1O. The minimum absolute atomic E-state index is 0.261. The molecule has 9 heteroatoms. The molecule has 0 bridgehead atoms. The van der Waals surface area contributed by atoms with Gasteiger partial charge in [0.2, 0.25) is 0 Å². The predicted molar refractivity (Wildman–Crippen MR) is 82.7 cm³/mol. The van der Waals surface area contributed by atoms with Crippen LogP contribution >= 0.6 is 0 Å². The fourth-order valence-corrected chi connectivity index (χ4v) is 3.03. The molecule has 0 aliphatic carbocycles. The lowest BCUT2D eigenvalue weighted by Crippen LogP contribution is -2.33. The second-order valence-electron chi connectivity index (χ2n) is 5.61. The Labute approximate surface area is 135 Å². The van der Waals surface area contributed by atoms with Gasteiger partial charge in [-0.05, 0) is 12.1 Å². The number of nitrogen functional groups attached to an aromatic ring is 1. The molecule has 0 radical (unpaired) electrons. The number of anilines is 1. The van der Waals surface area contributed by atoms with Crippen molar-refractivity contribution in [3.05, 3.63) is 30.9 Å². The number of aromatic nitrogens is 3. The molecule has 4 rings (SSSR count). The third kappa shape index (κ3) is 2.10. The van der Waals surface area contributed by atoms with E-state index in [0.717, 1.165) is 0 Å². The maximum absolute atomic E-state index is 10.3. The van der Waals surface area contributed by atoms with E-state index in [0.29, 0.717) is 22.4 Å². The van der Waals surface area contributed by atoms with Gasteiger partial charge in [-0.2, -0.15) is 0 Å². The van der Waals surface area contributed by atoms with Gasteiger partial charge in [-0.15, -0.1) is 0 Å². The van der Waals surface area contributed by atoms with Crippen molar-refractivity contribution in [1.29, 1.82) is 0 Å². The van der Waals surface area contributed by atoms with Gasteiger partial charge in [-0.25, -0.2) is 9.97 Å². The number of rotatable bonds is 3. The van der Waals surface area contributed by atoms with Crippen LogP contribution in [0.25, 0.3) is 22.4 Å². The van der Waals surface area contributed by atoms with Crippen molar-refractivity contribution in [2.45, 2.75) is 24.5 Å². The Kier molecular flexibility index (Phi) is 3.50. The molecular formula is C15H16N4O5. The van der Waals surface area contributed by atoms with Gasteiger partial charge < -0.3 is 34.8 Å². The molecule has 0 unspecified atom stereocenters. The van der Waals surface area contributed by atoms with Crippen LogP contribution in [0.1, 0.15) is 6.23 Å².